The second-order valence-electron chi connectivity index (χ2n) is 5.37. The van der Waals surface area contributed by atoms with Gasteiger partial charge in [-0.15, -0.1) is 0 Å². The van der Waals surface area contributed by atoms with Crippen molar-refractivity contribution >= 4 is 0 Å². The van der Waals surface area contributed by atoms with Crippen LogP contribution in [0.25, 0.3) is 0 Å². The van der Waals surface area contributed by atoms with Crippen molar-refractivity contribution in [2.24, 2.45) is 11.7 Å². The summed E-state index contributed by atoms with van der Waals surface area (Å²) < 4.78 is 5.59. The van der Waals surface area contributed by atoms with E-state index in [1.165, 1.54) is 5.56 Å². The maximum atomic E-state index is 6.08. The first-order valence-electron chi connectivity index (χ1n) is 7.05. The normalized spacial score (nSPS) is 12.9. The van der Waals surface area contributed by atoms with Crippen LogP contribution in [0.2, 0.25) is 0 Å². The minimum absolute atomic E-state index is 0.254. The summed E-state index contributed by atoms with van der Waals surface area (Å²) >= 11 is 0. The van der Waals surface area contributed by atoms with Crippen LogP contribution in [0.5, 0.6) is 0 Å². The molecule has 0 aliphatic heterocycles. The Balaban J connectivity index is 2.02. The van der Waals surface area contributed by atoms with Crippen molar-refractivity contribution in [3.8, 4) is 0 Å². The van der Waals surface area contributed by atoms with Crippen molar-refractivity contribution in [2.45, 2.75) is 45.6 Å². The molecule has 0 spiro atoms. The van der Waals surface area contributed by atoms with Gasteiger partial charge < -0.3 is 10.5 Å². The van der Waals surface area contributed by atoms with Crippen LogP contribution in [-0.2, 0) is 11.2 Å². The molecule has 1 aromatic carbocycles. The summed E-state index contributed by atoms with van der Waals surface area (Å²) in [5, 5.41) is 0. The lowest BCUT2D eigenvalue weighted by Crippen LogP contribution is -2.22. The van der Waals surface area contributed by atoms with Crippen LogP contribution < -0.4 is 5.73 Å². The van der Waals surface area contributed by atoms with E-state index in [0.29, 0.717) is 0 Å². The molecule has 18 heavy (non-hydrogen) atoms. The summed E-state index contributed by atoms with van der Waals surface area (Å²) in [5.74, 6) is 0.719. The van der Waals surface area contributed by atoms with E-state index >= 15 is 0 Å². The van der Waals surface area contributed by atoms with Crippen LogP contribution in [-0.4, -0.2) is 19.3 Å². The van der Waals surface area contributed by atoms with Crippen molar-refractivity contribution in [1.29, 1.82) is 0 Å². The first kappa shape index (κ1) is 15.2. The Labute approximate surface area is 112 Å². The standard InChI is InChI=1S/C16H27NO/c1-14(2)10-12-18-13-11-16(17)9-8-15-6-4-3-5-7-15/h3-7,14,16H,8-13,17H2,1-2H3. The second-order valence-corrected chi connectivity index (χ2v) is 5.37. The minimum Gasteiger partial charge on any atom is -0.381 e. The van der Waals surface area contributed by atoms with Gasteiger partial charge in [0, 0.05) is 19.3 Å². The van der Waals surface area contributed by atoms with Crippen LogP contribution in [0.15, 0.2) is 30.3 Å². The molecule has 2 N–H and O–H groups in total. The van der Waals surface area contributed by atoms with Crippen molar-refractivity contribution in [1.82, 2.24) is 0 Å². The first-order chi connectivity index (χ1) is 8.68. The van der Waals surface area contributed by atoms with Gasteiger partial charge in [-0.05, 0) is 37.2 Å². The van der Waals surface area contributed by atoms with E-state index in [1.807, 2.05) is 6.07 Å². The van der Waals surface area contributed by atoms with Crippen LogP contribution in [0.1, 0.15) is 38.7 Å². The van der Waals surface area contributed by atoms with Gasteiger partial charge in [0.05, 0.1) is 0 Å². The van der Waals surface area contributed by atoms with E-state index in [0.717, 1.165) is 44.8 Å². The molecule has 0 saturated heterocycles. The van der Waals surface area contributed by atoms with Crippen molar-refractivity contribution in [3.05, 3.63) is 35.9 Å². The zero-order chi connectivity index (χ0) is 13.2. The smallest absolute Gasteiger partial charge is 0.0480 e. The fourth-order valence-electron chi connectivity index (χ4n) is 1.80. The third kappa shape index (κ3) is 7.46. The third-order valence-electron chi connectivity index (χ3n) is 3.12. The molecule has 0 saturated carbocycles. The van der Waals surface area contributed by atoms with Crippen LogP contribution in [0.3, 0.4) is 0 Å². The number of nitrogens with two attached hydrogens (primary N) is 1. The predicted octanol–water partition coefficient (Wildman–Crippen LogP) is 3.40. The first-order valence-corrected chi connectivity index (χ1v) is 7.05. The summed E-state index contributed by atoms with van der Waals surface area (Å²) in [6.07, 6.45) is 4.20. The Morgan fingerprint density at radius 2 is 1.67 bits per heavy atom. The SMILES string of the molecule is CC(C)CCOCCC(N)CCc1ccccc1. The Morgan fingerprint density at radius 1 is 1.00 bits per heavy atom. The maximum absolute atomic E-state index is 6.08. The summed E-state index contributed by atoms with van der Waals surface area (Å²) in [6.45, 7) is 6.09. The molecule has 2 heteroatoms. The van der Waals surface area contributed by atoms with E-state index in [4.69, 9.17) is 10.5 Å². The van der Waals surface area contributed by atoms with Crippen molar-refractivity contribution in [2.75, 3.05) is 13.2 Å². The van der Waals surface area contributed by atoms with Gasteiger partial charge >= 0.3 is 0 Å². The van der Waals surface area contributed by atoms with E-state index in [9.17, 15) is 0 Å². The van der Waals surface area contributed by atoms with Gasteiger partial charge in [-0.3, -0.25) is 0 Å². The summed E-state index contributed by atoms with van der Waals surface area (Å²) in [6, 6.07) is 10.8. The van der Waals surface area contributed by atoms with E-state index in [1.54, 1.807) is 0 Å². The number of ether oxygens (including phenoxy) is 1. The molecular formula is C16H27NO. The van der Waals surface area contributed by atoms with Crippen LogP contribution >= 0.6 is 0 Å². The van der Waals surface area contributed by atoms with E-state index in [2.05, 4.69) is 38.1 Å². The van der Waals surface area contributed by atoms with E-state index < -0.39 is 0 Å². The molecule has 0 bridgehead atoms. The molecule has 102 valence electrons. The Kier molecular flexibility index (Phi) is 7.70. The fraction of sp³-hybridized carbons (Fsp3) is 0.625. The molecule has 2 nitrogen and oxygen atoms in total. The Hall–Kier alpha value is -0.860. The quantitative estimate of drug-likeness (QED) is 0.681. The van der Waals surface area contributed by atoms with Gasteiger partial charge in [-0.1, -0.05) is 44.2 Å². The number of hydrogen-bond donors (Lipinski definition) is 1. The van der Waals surface area contributed by atoms with Crippen LogP contribution in [0, 0.1) is 5.92 Å². The third-order valence-corrected chi connectivity index (χ3v) is 3.12. The van der Waals surface area contributed by atoms with E-state index in [-0.39, 0.29) is 6.04 Å². The molecule has 1 atom stereocenters. The molecule has 0 amide bonds. The minimum atomic E-state index is 0.254. The van der Waals surface area contributed by atoms with Gasteiger partial charge in [-0.2, -0.15) is 0 Å². The highest BCUT2D eigenvalue weighted by Crippen LogP contribution is 2.06. The zero-order valence-electron chi connectivity index (χ0n) is 11.8. The molecule has 0 fully saturated rings. The molecule has 0 aliphatic carbocycles. The van der Waals surface area contributed by atoms with Gasteiger partial charge in [0.1, 0.15) is 0 Å². The Morgan fingerprint density at radius 3 is 2.33 bits per heavy atom. The number of hydrogen-bond acceptors (Lipinski definition) is 2. The highest BCUT2D eigenvalue weighted by Gasteiger charge is 2.03. The lowest BCUT2D eigenvalue weighted by atomic mass is 10.0. The average molecular weight is 249 g/mol. The number of rotatable bonds is 9. The van der Waals surface area contributed by atoms with Gasteiger partial charge in [0.25, 0.3) is 0 Å². The summed E-state index contributed by atoms with van der Waals surface area (Å²) in [5.41, 5.74) is 7.45. The molecule has 0 aliphatic rings. The molecule has 1 rings (SSSR count). The number of aryl methyl sites for hydroxylation is 1. The second kappa shape index (κ2) is 9.12. The lowest BCUT2D eigenvalue weighted by Gasteiger charge is -2.12. The highest BCUT2D eigenvalue weighted by molar-refractivity contribution is 5.14. The zero-order valence-corrected chi connectivity index (χ0v) is 11.8. The van der Waals surface area contributed by atoms with Gasteiger partial charge in [0.15, 0.2) is 0 Å². The van der Waals surface area contributed by atoms with Crippen molar-refractivity contribution in [3.63, 3.8) is 0 Å². The van der Waals surface area contributed by atoms with Gasteiger partial charge in [0.2, 0.25) is 0 Å². The topological polar surface area (TPSA) is 35.2 Å². The molecular weight excluding hydrogens is 222 g/mol. The largest absolute Gasteiger partial charge is 0.381 e. The molecule has 1 aromatic rings. The molecule has 1 unspecified atom stereocenters. The maximum Gasteiger partial charge on any atom is 0.0480 e. The fourth-order valence-corrected chi connectivity index (χ4v) is 1.80. The predicted molar refractivity (Wildman–Crippen MR) is 77.6 cm³/mol. The van der Waals surface area contributed by atoms with Crippen LogP contribution in [0.4, 0.5) is 0 Å². The highest BCUT2D eigenvalue weighted by atomic mass is 16.5. The Bertz CT molecular complexity index is 297. The molecule has 0 heterocycles. The summed E-state index contributed by atoms with van der Waals surface area (Å²) in [4.78, 5) is 0. The van der Waals surface area contributed by atoms with Crippen molar-refractivity contribution < 1.29 is 4.74 Å². The average Bonchev–Trinajstić information content (AvgIpc) is 2.37. The number of benzene rings is 1. The van der Waals surface area contributed by atoms with Gasteiger partial charge in [-0.25, -0.2) is 0 Å². The molecule has 0 radical (unpaired) electrons. The molecule has 0 aromatic heterocycles. The monoisotopic (exact) mass is 249 g/mol. The summed E-state index contributed by atoms with van der Waals surface area (Å²) in [7, 11) is 0. The lowest BCUT2D eigenvalue weighted by molar-refractivity contribution is 0.116.